The maximum absolute atomic E-state index is 12.3. The maximum Gasteiger partial charge on any atom is 0.274 e. The van der Waals surface area contributed by atoms with E-state index in [4.69, 9.17) is 17.4 Å². The van der Waals surface area contributed by atoms with Gasteiger partial charge in [0.25, 0.3) is 5.91 Å². The molecule has 0 radical (unpaired) electrons. The Bertz CT molecular complexity index is 430. The molecule has 0 aliphatic carbocycles. The van der Waals surface area contributed by atoms with E-state index in [1.54, 1.807) is 35.8 Å². The fourth-order valence-corrected chi connectivity index (χ4v) is 2.28. The number of nitrogens with two attached hydrogens (primary N) is 1. The van der Waals surface area contributed by atoms with Crippen molar-refractivity contribution in [1.82, 2.24) is 9.88 Å². The largest absolute Gasteiger partial charge is 0.337 e. The molecule has 0 aliphatic rings. The van der Waals surface area contributed by atoms with Gasteiger partial charge in [-0.25, -0.2) is 10.8 Å². The van der Waals surface area contributed by atoms with Gasteiger partial charge in [0.1, 0.15) is 11.5 Å². The third kappa shape index (κ3) is 3.51. The minimum atomic E-state index is -0.210. The number of hydrogen-bond donors (Lipinski definition) is 2. The molecular formula is C11H17ClN4OS. The second kappa shape index (κ2) is 6.82. The average Bonchev–Trinajstić information content (AvgIpc) is 2.38. The second-order valence-electron chi connectivity index (χ2n) is 3.89. The first-order chi connectivity index (χ1) is 8.51. The minimum absolute atomic E-state index is 0.111. The highest BCUT2D eigenvalue weighted by Gasteiger charge is 2.21. The summed E-state index contributed by atoms with van der Waals surface area (Å²) in [6, 6.07) is 3.33. The van der Waals surface area contributed by atoms with Crippen molar-refractivity contribution < 1.29 is 4.79 Å². The van der Waals surface area contributed by atoms with E-state index in [1.165, 1.54) is 0 Å². The van der Waals surface area contributed by atoms with E-state index in [-0.39, 0.29) is 17.6 Å². The molecule has 1 rings (SSSR count). The number of pyridine rings is 1. The Morgan fingerprint density at radius 1 is 1.67 bits per heavy atom. The van der Waals surface area contributed by atoms with Gasteiger partial charge in [-0.05, 0) is 25.3 Å². The van der Waals surface area contributed by atoms with Crippen molar-refractivity contribution in [2.75, 3.05) is 24.5 Å². The fourth-order valence-electron chi connectivity index (χ4n) is 1.39. The molecule has 0 saturated heterocycles. The predicted octanol–water partition coefficient (Wildman–Crippen LogP) is 1.84. The molecule has 0 spiro atoms. The summed E-state index contributed by atoms with van der Waals surface area (Å²) >= 11 is 7.67. The molecular weight excluding hydrogens is 272 g/mol. The van der Waals surface area contributed by atoms with Crippen LogP contribution in [0, 0.1) is 0 Å². The van der Waals surface area contributed by atoms with E-state index in [2.05, 4.69) is 10.4 Å². The van der Waals surface area contributed by atoms with Crippen LogP contribution in [0.15, 0.2) is 12.1 Å². The topological polar surface area (TPSA) is 71.2 Å². The van der Waals surface area contributed by atoms with Crippen LogP contribution in [0.5, 0.6) is 0 Å². The molecule has 100 valence electrons. The summed E-state index contributed by atoms with van der Waals surface area (Å²) in [7, 11) is 1.74. The van der Waals surface area contributed by atoms with Gasteiger partial charge < -0.3 is 10.3 Å². The summed E-state index contributed by atoms with van der Waals surface area (Å²) in [6.07, 6.45) is 2.00. The molecule has 3 N–H and O–H groups in total. The molecule has 5 nitrogen and oxygen atoms in total. The molecule has 7 heteroatoms. The lowest BCUT2D eigenvalue weighted by Crippen LogP contribution is -2.37. The number of hydrazine groups is 1. The van der Waals surface area contributed by atoms with Gasteiger partial charge in [0, 0.05) is 18.8 Å². The van der Waals surface area contributed by atoms with Crippen molar-refractivity contribution in [2.45, 2.75) is 13.0 Å². The first-order valence-electron chi connectivity index (χ1n) is 5.40. The van der Waals surface area contributed by atoms with Crippen molar-refractivity contribution in [1.29, 1.82) is 0 Å². The third-order valence-electron chi connectivity index (χ3n) is 2.59. The summed E-state index contributed by atoms with van der Waals surface area (Å²) in [4.78, 5) is 18.0. The highest BCUT2D eigenvalue weighted by Crippen LogP contribution is 2.19. The van der Waals surface area contributed by atoms with E-state index in [9.17, 15) is 4.79 Å². The summed E-state index contributed by atoms with van der Waals surface area (Å²) in [5.74, 6) is 6.33. The lowest BCUT2D eigenvalue weighted by Gasteiger charge is -2.24. The number of carbonyl (C=O) groups is 1. The molecule has 1 unspecified atom stereocenters. The number of rotatable bonds is 5. The zero-order valence-corrected chi connectivity index (χ0v) is 12.2. The quantitative estimate of drug-likeness (QED) is 0.639. The third-order valence-corrected chi connectivity index (χ3v) is 3.71. The average molecular weight is 289 g/mol. The van der Waals surface area contributed by atoms with Gasteiger partial charge in [-0.2, -0.15) is 11.8 Å². The Hall–Kier alpha value is -0.980. The fraction of sp³-hybridized carbons (Fsp3) is 0.455. The molecule has 1 aromatic rings. The second-order valence-corrected chi connectivity index (χ2v) is 5.21. The van der Waals surface area contributed by atoms with Crippen LogP contribution >= 0.6 is 23.4 Å². The van der Waals surface area contributed by atoms with Crippen molar-refractivity contribution in [3.05, 3.63) is 22.8 Å². The van der Waals surface area contributed by atoms with Gasteiger partial charge in [0.15, 0.2) is 0 Å². The van der Waals surface area contributed by atoms with Gasteiger partial charge in [-0.1, -0.05) is 11.6 Å². The smallest absolute Gasteiger partial charge is 0.274 e. The molecule has 0 saturated carbocycles. The lowest BCUT2D eigenvalue weighted by molar-refractivity contribution is 0.0752. The molecule has 1 amide bonds. The Balaban J connectivity index is 2.95. The number of hydrogen-bond acceptors (Lipinski definition) is 5. The number of nitrogens with zero attached hydrogens (tertiary/aromatic N) is 2. The first kappa shape index (κ1) is 15.1. The van der Waals surface area contributed by atoms with Crippen LogP contribution in [0.4, 0.5) is 5.82 Å². The van der Waals surface area contributed by atoms with E-state index >= 15 is 0 Å². The summed E-state index contributed by atoms with van der Waals surface area (Å²) < 4.78 is 0. The van der Waals surface area contributed by atoms with E-state index in [1.807, 2.05) is 13.2 Å². The van der Waals surface area contributed by atoms with Crippen LogP contribution in [0.1, 0.15) is 17.4 Å². The van der Waals surface area contributed by atoms with Gasteiger partial charge in [-0.15, -0.1) is 0 Å². The minimum Gasteiger partial charge on any atom is -0.337 e. The molecule has 0 aliphatic heterocycles. The van der Waals surface area contributed by atoms with Gasteiger partial charge in [0.2, 0.25) is 0 Å². The SMILES string of the molecule is CSCC(C)N(C)C(=O)c1nc(NN)ccc1Cl. The van der Waals surface area contributed by atoms with Crippen molar-refractivity contribution in [3.63, 3.8) is 0 Å². The Morgan fingerprint density at radius 2 is 2.33 bits per heavy atom. The van der Waals surface area contributed by atoms with Crippen LogP contribution in [0.25, 0.3) is 0 Å². The summed E-state index contributed by atoms with van der Waals surface area (Å²) in [5, 5.41) is 0.321. The summed E-state index contributed by atoms with van der Waals surface area (Å²) in [6.45, 7) is 1.98. The van der Waals surface area contributed by atoms with Crippen LogP contribution in [0.3, 0.4) is 0 Å². The number of nitrogens with one attached hydrogen (secondary N) is 1. The van der Waals surface area contributed by atoms with E-state index < -0.39 is 0 Å². The molecule has 0 bridgehead atoms. The zero-order chi connectivity index (χ0) is 13.7. The van der Waals surface area contributed by atoms with Crippen LogP contribution in [0.2, 0.25) is 5.02 Å². The monoisotopic (exact) mass is 288 g/mol. The number of halogens is 1. The summed E-state index contributed by atoms with van der Waals surface area (Å²) in [5.41, 5.74) is 2.61. The van der Waals surface area contributed by atoms with Gasteiger partial charge in [-0.3, -0.25) is 4.79 Å². The number of nitrogen functional groups attached to an aromatic ring is 1. The molecule has 18 heavy (non-hydrogen) atoms. The van der Waals surface area contributed by atoms with Gasteiger partial charge >= 0.3 is 0 Å². The molecule has 1 atom stereocenters. The number of anilines is 1. The highest BCUT2D eigenvalue weighted by molar-refractivity contribution is 7.98. The Morgan fingerprint density at radius 3 is 2.89 bits per heavy atom. The standard InChI is InChI=1S/C11H17ClN4OS/c1-7(6-18-3)16(2)11(17)10-8(12)4-5-9(14-10)15-13/h4-5,7H,6,13H2,1-3H3,(H,14,15). The predicted molar refractivity (Wildman–Crippen MR) is 77.0 cm³/mol. The molecule has 1 heterocycles. The number of thioether (sulfide) groups is 1. The van der Waals surface area contributed by atoms with Crippen molar-refractivity contribution in [3.8, 4) is 0 Å². The maximum atomic E-state index is 12.3. The van der Waals surface area contributed by atoms with E-state index in [0.717, 1.165) is 5.75 Å². The normalized spacial score (nSPS) is 12.1. The van der Waals surface area contributed by atoms with Crippen molar-refractivity contribution >= 4 is 35.1 Å². The van der Waals surface area contributed by atoms with E-state index in [0.29, 0.717) is 10.8 Å². The Kier molecular flexibility index (Phi) is 5.71. The number of aromatic nitrogens is 1. The Labute approximate surface area is 116 Å². The molecule has 0 aromatic carbocycles. The number of amides is 1. The number of carbonyl (C=O) groups excluding carboxylic acids is 1. The van der Waals surface area contributed by atoms with Crippen LogP contribution < -0.4 is 11.3 Å². The lowest BCUT2D eigenvalue weighted by atomic mass is 10.2. The van der Waals surface area contributed by atoms with Crippen LogP contribution in [-0.4, -0.2) is 40.9 Å². The first-order valence-corrected chi connectivity index (χ1v) is 7.17. The molecule has 1 aromatic heterocycles. The zero-order valence-electron chi connectivity index (χ0n) is 10.6. The van der Waals surface area contributed by atoms with Gasteiger partial charge in [0.05, 0.1) is 5.02 Å². The molecule has 0 fully saturated rings. The highest BCUT2D eigenvalue weighted by atomic mass is 35.5. The van der Waals surface area contributed by atoms with Crippen molar-refractivity contribution in [2.24, 2.45) is 5.84 Å². The van der Waals surface area contributed by atoms with Crippen LogP contribution in [-0.2, 0) is 0 Å².